The van der Waals surface area contributed by atoms with Gasteiger partial charge in [-0.1, -0.05) is 31.0 Å². The summed E-state index contributed by atoms with van der Waals surface area (Å²) in [5, 5.41) is -0.145. The minimum absolute atomic E-state index is 0.0236. The predicted molar refractivity (Wildman–Crippen MR) is 157 cm³/mol. The van der Waals surface area contributed by atoms with Crippen molar-refractivity contribution in [2.45, 2.75) is 51.6 Å². The first kappa shape index (κ1) is 29.0. The Morgan fingerprint density at radius 2 is 1.78 bits per heavy atom. The highest BCUT2D eigenvalue weighted by molar-refractivity contribution is 7.21. The summed E-state index contributed by atoms with van der Waals surface area (Å²) in [6.07, 6.45) is 6.18. The number of fused-ring (bicyclic) bond motifs is 1. The molecule has 2 aromatic heterocycles. The number of primary amides is 1. The number of nitrogens with zero attached hydrogens (tertiary/aromatic N) is 2. The molecule has 0 saturated heterocycles. The molecule has 214 valence electrons. The summed E-state index contributed by atoms with van der Waals surface area (Å²) in [5.41, 5.74) is 7.83. The number of hydrogen-bond acceptors (Lipinski definition) is 5. The number of thiophene rings is 1. The first-order chi connectivity index (χ1) is 19.7. The molecule has 0 spiro atoms. The maximum atomic E-state index is 14.7. The third kappa shape index (κ3) is 5.78. The van der Waals surface area contributed by atoms with Crippen molar-refractivity contribution in [2.75, 3.05) is 7.11 Å². The summed E-state index contributed by atoms with van der Waals surface area (Å²) in [6, 6.07) is 10.9. The lowest BCUT2D eigenvalue weighted by Crippen LogP contribution is -2.41. The van der Waals surface area contributed by atoms with Crippen LogP contribution in [-0.4, -0.2) is 34.8 Å². The number of amides is 2. The van der Waals surface area contributed by atoms with Gasteiger partial charge in [0.05, 0.1) is 22.2 Å². The Morgan fingerprint density at radius 3 is 2.44 bits per heavy atom. The number of benzene rings is 2. The second-order valence-corrected chi connectivity index (χ2v) is 11.7. The molecule has 1 aliphatic carbocycles. The van der Waals surface area contributed by atoms with E-state index in [0.29, 0.717) is 11.7 Å². The number of carbonyl (C=O) groups excluding carboxylic acids is 2. The number of carbonyl (C=O) groups is 2. The third-order valence-electron chi connectivity index (χ3n) is 7.94. The monoisotopic (exact) mass is 597 g/mol. The maximum Gasteiger partial charge on any atom is 0.267 e. The first-order valence-corrected chi connectivity index (χ1v) is 14.7. The molecule has 0 unspecified atom stereocenters. The standard InChI is InChI=1S/C31H30ClF2N3O3S/c1-3-17-4-7-21(8-5-17)37(31(39)29-27(32)26-22(33)9-10-23(34)28(26)41-29)16-20-14-18(6-11-25(20)40-2)19-12-13-36-24(15-19)30(35)38/h6,9-15,17,21H,3-5,7-8,16H2,1-2H3,(H2,35,38). The van der Waals surface area contributed by atoms with Crippen molar-refractivity contribution in [1.29, 1.82) is 0 Å². The van der Waals surface area contributed by atoms with Crippen LogP contribution in [0.4, 0.5) is 8.78 Å². The number of methoxy groups -OCH3 is 1. The molecule has 6 nitrogen and oxygen atoms in total. The SMILES string of the molecule is CCC1CCC(N(Cc2cc(-c3ccnc(C(N)=O)c3)ccc2OC)C(=O)c2sc3c(F)ccc(F)c3c2Cl)CC1. The molecule has 1 fully saturated rings. The molecule has 0 radical (unpaired) electrons. The fraction of sp³-hybridized carbons (Fsp3) is 0.323. The Kier molecular flexibility index (Phi) is 8.56. The van der Waals surface area contributed by atoms with Crippen molar-refractivity contribution in [2.24, 2.45) is 11.7 Å². The second-order valence-electron chi connectivity index (χ2n) is 10.3. The average molecular weight is 598 g/mol. The highest BCUT2D eigenvalue weighted by atomic mass is 35.5. The van der Waals surface area contributed by atoms with Crippen molar-refractivity contribution in [3.05, 3.63) is 81.5 Å². The second kappa shape index (κ2) is 12.1. The summed E-state index contributed by atoms with van der Waals surface area (Å²) in [7, 11) is 1.56. The van der Waals surface area contributed by atoms with E-state index in [1.54, 1.807) is 24.1 Å². The van der Waals surface area contributed by atoms with E-state index in [1.165, 1.54) is 6.20 Å². The van der Waals surface area contributed by atoms with Crippen LogP contribution < -0.4 is 10.5 Å². The maximum absolute atomic E-state index is 14.7. The van der Waals surface area contributed by atoms with Crippen LogP contribution in [0.1, 0.15) is 64.8 Å². The fourth-order valence-electron chi connectivity index (χ4n) is 5.61. The van der Waals surface area contributed by atoms with Crippen LogP contribution in [0, 0.1) is 17.6 Å². The van der Waals surface area contributed by atoms with Gasteiger partial charge in [-0.3, -0.25) is 14.6 Å². The van der Waals surface area contributed by atoms with Gasteiger partial charge in [0.2, 0.25) is 0 Å². The van der Waals surface area contributed by atoms with Crippen LogP contribution in [0.3, 0.4) is 0 Å². The molecule has 2 amide bonds. The number of rotatable bonds is 8. The summed E-state index contributed by atoms with van der Waals surface area (Å²) < 4.78 is 34.9. The molecule has 5 rings (SSSR count). The van der Waals surface area contributed by atoms with Crippen molar-refractivity contribution in [3.8, 4) is 16.9 Å². The third-order valence-corrected chi connectivity index (χ3v) is 9.61. The number of aromatic nitrogens is 1. The van der Waals surface area contributed by atoms with E-state index in [9.17, 15) is 18.4 Å². The van der Waals surface area contributed by atoms with Gasteiger partial charge in [0, 0.05) is 24.3 Å². The predicted octanol–water partition coefficient (Wildman–Crippen LogP) is 7.61. The van der Waals surface area contributed by atoms with Gasteiger partial charge in [-0.25, -0.2) is 8.78 Å². The van der Waals surface area contributed by atoms with E-state index >= 15 is 0 Å². The highest BCUT2D eigenvalue weighted by Gasteiger charge is 2.33. The van der Waals surface area contributed by atoms with Gasteiger partial charge in [0.25, 0.3) is 11.8 Å². The molecular formula is C31H30ClF2N3O3S. The Balaban J connectivity index is 1.56. The number of hydrogen-bond donors (Lipinski definition) is 1. The van der Waals surface area contributed by atoms with E-state index in [4.69, 9.17) is 22.1 Å². The molecule has 0 aliphatic heterocycles. The molecule has 2 aromatic carbocycles. The van der Waals surface area contributed by atoms with E-state index in [2.05, 4.69) is 11.9 Å². The topological polar surface area (TPSA) is 85.5 Å². The zero-order valence-corrected chi connectivity index (χ0v) is 24.3. The zero-order valence-electron chi connectivity index (χ0n) is 22.8. The van der Waals surface area contributed by atoms with Crippen LogP contribution in [0.2, 0.25) is 5.02 Å². The highest BCUT2D eigenvalue weighted by Crippen LogP contribution is 2.41. The Hall–Kier alpha value is -3.56. The molecule has 1 aliphatic rings. The van der Waals surface area contributed by atoms with E-state index in [0.717, 1.165) is 72.3 Å². The molecule has 1 saturated carbocycles. The van der Waals surface area contributed by atoms with Gasteiger partial charge >= 0.3 is 0 Å². The zero-order chi connectivity index (χ0) is 29.3. The van der Waals surface area contributed by atoms with Crippen LogP contribution in [0.25, 0.3) is 21.2 Å². The van der Waals surface area contributed by atoms with Crippen molar-refractivity contribution in [3.63, 3.8) is 0 Å². The average Bonchev–Trinajstić information content (AvgIpc) is 3.35. The lowest BCUT2D eigenvalue weighted by molar-refractivity contribution is 0.0591. The number of nitrogens with two attached hydrogens (primary N) is 1. The van der Waals surface area contributed by atoms with Crippen LogP contribution in [-0.2, 0) is 6.54 Å². The molecule has 41 heavy (non-hydrogen) atoms. The number of ether oxygens (including phenoxy) is 1. The number of halogens is 3. The number of pyridine rings is 1. The summed E-state index contributed by atoms with van der Waals surface area (Å²) >= 11 is 7.43. The summed E-state index contributed by atoms with van der Waals surface area (Å²) in [6.45, 7) is 2.37. The van der Waals surface area contributed by atoms with E-state index in [-0.39, 0.29) is 44.2 Å². The minimum atomic E-state index is -0.668. The van der Waals surface area contributed by atoms with E-state index in [1.807, 2.05) is 18.2 Å². The van der Waals surface area contributed by atoms with Crippen molar-refractivity contribution in [1.82, 2.24) is 9.88 Å². The lowest BCUT2D eigenvalue weighted by atomic mass is 9.83. The Labute approximate surface area is 246 Å². The van der Waals surface area contributed by atoms with Crippen molar-refractivity contribution >= 4 is 44.8 Å². The van der Waals surface area contributed by atoms with Gasteiger partial charge in [-0.05, 0) is 79.1 Å². The van der Waals surface area contributed by atoms with Gasteiger partial charge in [-0.2, -0.15) is 0 Å². The van der Waals surface area contributed by atoms with Gasteiger partial charge in [0.15, 0.2) is 0 Å². The quantitative estimate of drug-likeness (QED) is 0.226. The fourth-order valence-corrected chi connectivity index (χ4v) is 7.11. The van der Waals surface area contributed by atoms with Crippen LogP contribution in [0.5, 0.6) is 5.75 Å². The molecule has 4 aromatic rings. The summed E-state index contributed by atoms with van der Waals surface area (Å²) in [5.74, 6) is -1.11. The van der Waals surface area contributed by atoms with Crippen LogP contribution >= 0.6 is 22.9 Å². The lowest BCUT2D eigenvalue weighted by Gasteiger charge is -2.37. The first-order valence-electron chi connectivity index (χ1n) is 13.5. The minimum Gasteiger partial charge on any atom is -0.496 e. The molecule has 0 atom stereocenters. The van der Waals surface area contributed by atoms with Gasteiger partial charge in [-0.15, -0.1) is 11.3 Å². The Morgan fingerprint density at radius 1 is 1.07 bits per heavy atom. The molecule has 2 N–H and O–H groups in total. The smallest absolute Gasteiger partial charge is 0.267 e. The van der Waals surface area contributed by atoms with Crippen LogP contribution in [0.15, 0.2) is 48.7 Å². The normalized spacial score (nSPS) is 17.0. The van der Waals surface area contributed by atoms with Gasteiger partial charge in [0.1, 0.15) is 28.0 Å². The molecule has 2 heterocycles. The summed E-state index contributed by atoms with van der Waals surface area (Å²) in [4.78, 5) is 31.8. The molecule has 0 bridgehead atoms. The van der Waals surface area contributed by atoms with Crippen molar-refractivity contribution < 1.29 is 23.1 Å². The largest absolute Gasteiger partial charge is 0.496 e. The molecule has 10 heteroatoms. The van der Waals surface area contributed by atoms with Gasteiger partial charge < -0.3 is 15.4 Å². The Bertz CT molecular complexity index is 1620. The molecular weight excluding hydrogens is 568 g/mol. The van der Waals surface area contributed by atoms with E-state index < -0.39 is 17.5 Å².